The van der Waals surface area contributed by atoms with Crippen LogP contribution in [-0.2, 0) is 15.8 Å². The Labute approximate surface area is 140 Å². The van der Waals surface area contributed by atoms with Crippen molar-refractivity contribution in [1.29, 1.82) is 0 Å². The molecule has 0 aliphatic carbocycles. The minimum atomic E-state index is -2.94. The highest BCUT2D eigenvalue weighted by Gasteiger charge is 2.04. The van der Waals surface area contributed by atoms with E-state index in [4.69, 9.17) is 4.74 Å². The molecular weight excluding hydrogens is 332 g/mol. The maximum absolute atomic E-state index is 11.4. The summed E-state index contributed by atoms with van der Waals surface area (Å²) in [6, 6.07) is 12.6. The van der Waals surface area contributed by atoms with E-state index in [-0.39, 0.29) is 5.75 Å². The van der Waals surface area contributed by atoms with E-state index >= 15 is 0 Å². The summed E-state index contributed by atoms with van der Waals surface area (Å²) in [5, 5.41) is 8.04. The molecule has 0 aliphatic rings. The molecule has 0 N–H and O–H groups in total. The first-order valence-corrected chi connectivity index (χ1v) is 7.85. The molecule has 0 aliphatic heterocycles. The Balaban J connectivity index is 2.01. The van der Waals surface area contributed by atoms with Gasteiger partial charge in [0, 0.05) is 5.57 Å². The lowest BCUT2D eigenvalue weighted by atomic mass is 10.3. The maximum atomic E-state index is 11.4. The van der Waals surface area contributed by atoms with Gasteiger partial charge in [-0.2, -0.15) is 18.6 Å². The van der Waals surface area contributed by atoms with Gasteiger partial charge in [-0.05, 0) is 55.5 Å². The molecule has 2 aromatic carbocycles. The normalized spacial score (nSPS) is 10.8. The Morgan fingerprint density at radius 2 is 1.38 bits per heavy atom. The molecule has 0 atom stereocenters. The van der Waals surface area contributed by atoms with Gasteiger partial charge in [-0.3, -0.25) is 0 Å². The molecule has 2 aromatic rings. The molecule has 0 spiro atoms. The average molecular weight is 346 g/mol. The fraction of sp³-hybridized carbons (Fsp3) is 0.0625. The second-order valence-corrected chi connectivity index (χ2v) is 5.30. The van der Waals surface area contributed by atoms with Gasteiger partial charge in [0.05, 0.1) is 11.4 Å². The Morgan fingerprint density at radius 1 is 0.917 bits per heavy atom. The molecule has 24 heavy (non-hydrogen) atoms. The van der Waals surface area contributed by atoms with Crippen molar-refractivity contribution in [3.05, 3.63) is 60.7 Å². The molecule has 0 radical (unpaired) electrons. The topological polar surface area (TPSA) is 94.4 Å². The van der Waals surface area contributed by atoms with Gasteiger partial charge in [0.1, 0.15) is 11.5 Å². The third kappa shape index (κ3) is 5.33. The number of benzene rings is 2. The van der Waals surface area contributed by atoms with Crippen LogP contribution in [0.1, 0.15) is 6.92 Å². The predicted molar refractivity (Wildman–Crippen MR) is 88.5 cm³/mol. The number of thiol groups is 1. The maximum Gasteiger partial charge on any atom is 0.338 e. The molecule has 0 bridgehead atoms. The summed E-state index contributed by atoms with van der Waals surface area (Å²) in [5.74, 6) is 0.0930. The van der Waals surface area contributed by atoms with E-state index in [9.17, 15) is 13.2 Å². The van der Waals surface area contributed by atoms with Gasteiger partial charge in [-0.1, -0.05) is 6.58 Å². The van der Waals surface area contributed by atoms with E-state index in [1.165, 1.54) is 12.1 Å². The number of hydrogen-bond donors (Lipinski definition) is 1. The van der Waals surface area contributed by atoms with E-state index in [1.807, 2.05) is 0 Å². The standard InChI is InChI=1S/C16H14N2O5S/c1-11(2)16(19)22-14-7-3-12(4-8-14)17-18-13-5-9-15(10-6-13)23-24(20)21/h3-10,24H,1H2,2H3/b18-17+. The van der Waals surface area contributed by atoms with Gasteiger partial charge in [0.15, 0.2) is 0 Å². The van der Waals surface area contributed by atoms with Crippen LogP contribution in [-0.4, -0.2) is 14.4 Å². The highest BCUT2D eigenvalue weighted by atomic mass is 32.2. The smallest absolute Gasteiger partial charge is 0.338 e. The molecule has 0 amide bonds. The van der Waals surface area contributed by atoms with Crippen molar-refractivity contribution < 1.29 is 22.1 Å². The molecule has 8 heteroatoms. The number of esters is 1. The Hall–Kier alpha value is -3.00. The molecule has 7 nitrogen and oxygen atoms in total. The van der Waals surface area contributed by atoms with E-state index in [0.29, 0.717) is 22.7 Å². The predicted octanol–water partition coefficient (Wildman–Crippen LogP) is 3.49. The van der Waals surface area contributed by atoms with Gasteiger partial charge in [0.2, 0.25) is 0 Å². The summed E-state index contributed by atoms with van der Waals surface area (Å²) in [5.41, 5.74) is 1.40. The fourth-order valence-corrected chi connectivity index (χ4v) is 1.84. The minimum Gasteiger partial charge on any atom is -0.423 e. The lowest BCUT2D eigenvalue weighted by molar-refractivity contribution is -0.130. The summed E-state index contributed by atoms with van der Waals surface area (Å²) in [4.78, 5) is 11.4. The molecule has 2 rings (SSSR count). The van der Waals surface area contributed by atoms with Crippen molar-refractivity contribution in [1.82, 2.24) is 0 Å². The van der Waals surface area contributed by atoms with Crippen LogP contribution in [0.3, 0.4) is 0 Å². The summed E-state index contributed by atoms with van der Waals surface area (Å²) in [7, 11) is -2.94. The number of ether oxygens (including phenoxy) is 1. The fourth-order valence-electron chi connectivity index (χ4n) is 1.55. The van der Waals surface area contributed by atoms with Crippen LogP contribution in [0.5, 0.6) is 11.5 Å². The molecule has 124 valence electrons. The zero-order valence-electron chi connectivity index (χ0n) is 12.7. The second-order valence-electron chi connectivity index (χ2n) is 4.67. The van der Waals surface area contributed by atoms with E-state index in [1.54, 1.807) is 43.3 Å². The summed E-state index contributed by atoms with van der Waals surface area (Å²) >= 11 is 0. The molecule has 0 fully saturated rings. The lowest BCUT2D eigenvalue weighted by Crippen LogP contribution is -2.07. The lowest BCUT2D eigenvalue weighted by Gasteiger charge is -2.03. The van der Waals surface area contributed by atoms with Gasteiger partial charge < -0.3 is 8.92 Å². The molecule has 0 saturated carbocycles. The van der Waals surface area contributed by atoms with Gasteiger partial charge in [-0.15, -0.1) is 0 Å². The average Bonchev–Trinajstić information content (AvgIpc) is 2.55. The molecule has 0 heterocycles. The molecule has 0 saturated heterocycles. The van der Waals surface area contributed by atoms with Crippen molar-refractivity contribution in [3.8, 4) is 11.5 Å². The third-order valence-corrected chi connectivity index (χ3v) is 3.05. The van der Waals surface area contributed by atoms with Crippen LogP contribution in [0, 0.1) is 0 Å². The van der Waals surface area contributed by atoms with Crippen molar-refractivity contribution in [2.24, 2.45) is 10.2 Å². The summed E-state index contributed by atoms with van der Waals surface area (Å²) < 4.78 is 30.5. The quantitative estimate of drug-likeness (QED) is 0.284. The SMILES string of the molecule is C=C(C)C(=O)Oc1ccc(/N=N/c2ccc(O[SH](=O)=O)cc2)cc1. The highest BCUT2D eigenvalue weighted by molar-refractivity contribution is 7.67. The zero-order chi connectivity index (χ0) is 17.5. The van der Waals surface area contributed by atoms with Crippen molar-refractivity contribution >= 4 is 28.3 Å². The number of azo groups is 1. The van der Waals surface area contributed by atoms with Gasteiger partial charge in [0.25, 0.3) is 11.0 Å². The Bertz CT molecular complexity index is 832. The van der Waals surface area contributed by atoms with E-state index < -0.39 is 17.0 Å². The molecule has 0 aromatic heterocycles. The van der Waals surface area contributed by atoms with Crippen LogP contribution in [0.2, 0.25) is 0 Å². The van der Waals surface area contributed by atoms with Gasteiger partial charge in [-0.25, -0.2) is 4.79 Å². The van der Waals surface area contributed by atoms with Crippen LogP contribution >= 0.6 is 0 Å². The third-order valence-electron chi connectivity index (χ3n) is 2.69. The van der Waals surface area contributed by atoms with Gasteiger partial charge >= 0.3 is 5.97 Å². The second kappa shape index (κ2) is 8.02. The number of carbonyl (C=O) groups is 1. The molecule has 0 unspecified atom stereocenters. The number of rotatable bonds is 6. The number of carbonyl (C=O) groups excluding carboxylic acids is 1. The van der Waals surface area contributed by atoms with E-state index in [0.717, 1.165) is 0 Å². The monoisotopic (exact) mass is 346 g/mol. The molecular formula is C16H14N2O5S. The largest absolute Gasteiger partial charge is 0.423 e. The van der Waals surface area contributed by atoms with Crippen molar-refractivity contribution in [2.75, 3.05) is 0 Å². The van der Waals surface area contributed by atoms with Crippen molar-refractivity contribution in [3.63, 3.8) is 0 Å². The minimum absolute atomic E-state index is 0.203. The number of hydrogen-bond acceptors (Lipinski definition) is 7. The highest BCUT2D eigenvalue weighted by Crippen LogP contribution is 2.23. The zero-order valence-corrected chi connectivity index (χ0v) is 13.6. The first kappa shape index (κ1) is 17.4. The first-order valence-electron chi connectivity index (χ1n) is 6.76. The Kier molecular flexibility index (Phi) is 5.80. The summed E-state index contributed by atoms with van der Waals surface area (Å²) in [6.45, 7) is 5.07. The summed E-state index contributed by atoms with van der Waals surface area (Å²) in [6.07, 6.45) is 0. The first-order chi connectivity index (χ1) is 11.4. The van der Waals surface area contributed by atoms with Crippen molar-refractivity contribution in [2.45, 2.75) is 6.92 Å². The van der Waals surface area contributed by atoms with E-state index in [2.05, 4.69) is 21.0 Å². The Morgan fingerprint density at radius 3 is 1.79 bits per heavy atom. The number of nitrogens with zero attached hydrogens (tertiary/aromatic N) is 2. The van der Waals surface area contributed by atoms with Crippen LogP contribution in [0.15, 0.2) is 70.9 Å². The van der Waals surface area contributed by atoms with Crippen LogP contribution in [0.25, 0.3) is 0 Å². The van der Waals surface area contributed by atoms with Crippen LogP contribution < -0.4 is 8.92 Å². The van der Waals surface area contributed by atoms with Crippen LogP contribution in [0.4, 0.5) is 11.4 Å².